The summed E-state index contributed by atoms with van der Waals surface area (Å²) < 4.78 is 0. The van der Waals surface area contributed by atoms with Gasteiger partial charge in [-0.15, -0.1) is 0 Å². The van der Waals surface area contributed by atoms with E-state index in [0.29, 0.717) is 18.7 Å². The van der Waals surface area contributed by atoms with E-state index in [-0.39, 0.29) is 11.8 Å². The lowest BCUT2D eigenvalue weighted by Gasteiger charge is -2.21. The van der Waals surface area contributed by atoms with E-state index < -0.39 is 0 Å². The second-order valence-corrected chi connectivity index (χ2v) is 5.55. The van der Waals surface area contributed by atoms with E-state index in [1.807, 2.05) is 6.07 Å². The van der Waals surface area contributed by atoms with Crippen LogP contribution in [0.3, 0.4) is 0 Å². The van der Waals surface area contributed by atoms with Crippen molar-refractivity contribution in [1.29, 1.82) is 0 Å². The molecule has 0 bridgehead atoms. The number of carbonyl (C=O) groups excluding carboxylic acids is 2. The van der Waals surface area contributed by atoms with Gasteiger partial charge in [-0.3, -0.25) is 9.59 Å². The van der Waals surface area contributed by atoms with E-state index >= 15 is 0 Å². The van der Waals surface area contributed by atoms with E-state index in [2.05, 4.69) is 20.5 Å². The fourth-order valence-corrected chi connectivity index (χ4v) is 2.52. The summed E-state index contributed by atoms with van der Waals surface area (Å²) in [5, 5.41) is 5.39. The van der Waals surface area contributed by atoms with Crippen molar-refractivity contribution in [2.24, 2.45) is 0 Å². The third-order valence-electron chi connectivity index (χ3n) is 3.72. The van der Waals surface area contributed by atoms with Gasteiger partial charge in [0, 0.05) is 39.3 Å². The van der Waals surface area contributed by atoms with Crippen molar-refractivity contribution >= 4 is 17.6 Å². The molecule has 2 amide bonds. The van der Waals surface area contributed by atoms with Crippen molar-refractivity contribution in [3.05, 3.63) is 23.9 Å². The second-order valence-electron chi connectivity index (χ2n) is 5.55. The van der Waals surface area contributed by atoms with Crippen LogP contribution in [-0.4, -0.2) is 43.0 Å². The van der Waals surface area contributed by atoms with E-state index in [1.165, 1.54) is 32.6 Å². The number of nitrogens with one attached hydrogen (secondary N) is 2. The third-order valence-corrected chi connectivity index (χ3v) is 3.72. The highest BCUT2D eigenvalue weighted by Crippen LogP contribution is 2.17. The minimum absolute atomic E-state index is 0.0993. The van der Waals surface area contributed by atoms with Gasteiger partial charge in [0.1, 0.15) is 5.82 Å². The van der Waals surface area contributed by atoms with Gasteiger partial charge in [-0.05, 0) is 25.0 Å². The molecule has 1 saturated heterocycles. The highest BCUT2D eigenvalue weighted by Gasteiger charge is 2.12. The van der Waals surface area contributed by atoms with Gasteiger partial charge in [0.15, 0.2) is 0 Å². The molecule has 2 rings (SSSR count). The standard InChI is InChI=1S/C16H24N4O2/c1-13(21)17-8-9-18-16(22)14-6-7-15(19-12-14)20-10-4-2-3-5-11-20/h6-7,12H,2-5,8-11H2,1H3,(H,17,21)(H,18,22). The summed E-state index contributed by atoms with van der Waals surface area (Å²) in [6.45, 7) is 4.37. The Labute approximate surface area is 131 Å². The molecule has 0 unspecified atom stereocenters. The molecule has 2 N–H and O–H groups in total. The van der Waals surface area contributed by atoms with E-state index in [1.54, 1.807) is 12.3 Å². The Bertz CT molecular complexity index is 493. The maximum atomic E-state index is 12.0. The quantitative estimate of drug-likeness (QED) is 0.805. The number of hydrogen-bond acceptors (Lipinski definition) is 4. The molecular weight excluding hydrogens is 280 g/mol. The minimum Gasteiger partial charge on any atom is -0.357 e. The van der Waals surface area contributed by atoms with Crippen molar-refractivity contribution in [3.8, 4) is 0 Å². The normalized spacial score (nSPS) is 15.0. The summed E-state index contributed by atoms with van der Waals surface area (Å²) >= 11 is 0. The van der Waals surface area contributed by atoms with Gasteiger partial charge >= 0.3 is 0 Å². The first-order valence-corrected chi connectivity index (χ1v) is 7.90. The van der Waals surface area contributed by atoms with Crippen molar-refractivity contribution in [2.45, 2.75) is 32.6 Å². The molecular formula is C16H24N4O2. The number of amides is 2. The largest absolute Gasteiger partial charge is 0.357 e. The zero-order valence-electron chi connectivity index (χ0n) is 13.1. The van der Waals surface area contributed by atoms with Gasteiger partial charge in [-0.1, -0.05) is 12.8 Å². The van der Waals surface area contributed by atoms with E-state index in [9.17, 15) is 9.59 Å². The van der Waals surface area contributed by atoms with Crippen LogP contribution in [0.4, 0.5) is 5.82 Å². The van der Waals surface area contributed by atoms with Crippen LogP contribution in [0.25, 0.3) is 0 Å². The second kappa shape index (κ2) is 8.36. The number of nitrogens with zero attached hydrogens (tertiary/aromatic N) is 2. The first kappa shape index (κ1) is 16.3. The Hall–Kier alpha value is -2.11. The number of rotatable bonds is 5. The molecule has 0 aromatic carbocycles. The molecule has 2 heterocycles. The van der Waals surface area contributed by atoms with E-state index in [4.69, 9.17) is 0 Å². The third kappa shape index (κ3) is 5.02. The first-order chi connectivity index (χ1) is 10.7. The molecule has 1 fully saturated rings. The zero-order valence-corrected chi connectivity index (χ0v) is 13.1. The lowest BCUT2D eigenvalue weighted by molar-refractivity contribution is -0.118. The Morgan fingerprint density at radius 1 is 1.09 bits per heavy atom. The van der Waals surface area contributed by atoms with Crippen LogP contribution in [-0.2, 0) is 4.79 Å². The Morgan fingerprint density at radius 3 is 2.36 bits per heavy atom. The van der Waals surface area contributed by atoms with Gasteiger partial charge in [0.2, 0.25) is 5.91 Å². The summed E-state index contributed by atoms with van der Waals surface area (Å²) in [6, 6.07) is 3.72. The van der Waals surface area contributed by atoms with Gasteiger partial charge in [0.25, 0.3) is 5.91 Å². The van der Waals surface area contributed by atoms with Crippen molar-refractivity contribution < 1.29 is 9.59 Å². The highest BCUT2D eigenvalue weighted by atomic mass is 16.2. The Kier molecular flexibility index (Phi) is 6.18. The summed E-state index contributed by atoms with van der Waals surface area (Å²) in [7, 11) is 0. The lowest BCUT2D eigenvalue weighted by atomic mass is 10.2. The minimum atomic E-state index is -0.166. The van der Waals surface area contributed by atoms with Gasteiger partial charge in [0.05, 0.1) is 5.56 Å². The molecule has 22 heavy (non-hydrogen) atoms. The monoisotopic (exact) mass is 304 g/mol. The number of pyridine rings is 1. The summed E-state index contributed by atoms with van der Waals surface area (Å²) in [6.07, 6.45) is 6.59. The van der Waals surface area contributed by atoms with Gasteiger partial charge in [-0.25, -0.2) is 4.98 Å². The van der Waals surface area contributed by atoms with Crippen molar-refractivity contribution in [1.82, 2.24) is 15.6 Å². The van der Waals surface area contributed by atoms with Crippen LogP contribution in [0.5, 0.6) is 0 Å². The van der Waals surface area contributed by atoms with Gasteiger partial charge in [-0.2, -0.15) is 0 Å². The highest BCUT2D eigenvalue weighted by molar-refractivity contribution is 5.94. The molecule has 0 spiro atoms. The van der Waals surface area contributed by atoms with Crippen LogP contribution in [0.15, 0.2) is 18.3 Å². The van der Waals surface area contributed by atoms with Crippen molar-refractivity contribution in [2.75, 3.05) is 31.1 Å². The van der Waals surface area contributed by atoms with Crippen LogP contribution in [0.1, 0.15) is 43.0 Å². The molecule has 1 aliphatic rings. The number of hydrogen-bond donors (Lipinski definition) is 2. The Balaban J connectivity index is 1.85. The molecule has 1 aliphatic heterocycles. The molecule has 1 aromatic heterocycles. The molecule has 0 aliphatic carbocycles. The topological polar surface area (TPSA) is 74.3 Å². The molecule has 0 radical (unpaired) electrons. The average Bonchev–Trinajstić information content (AvgIpc) is 2.80. The first-order valence-electron chi connectivity index (χ1n) is 7.90. The molecule has 0 saturated carbocycles. The number of carbonyl (C=O) groups is 2. The molecule has 1 aromatic rings. The molecule has 0 atom stereocenters. The van der Waals surface area contributed by atoms with Crippen LogP contribution in [0.2, 0.25) is 0 Å². The molecule has 6 nitrogen and oxygen atoms in total. The fraction of sp³-hybridized carbons (Fsp3) is 0.562. The number of aromatic nitrogens is 1. The SMILES string of the molecule is CC(=O)NCCNC(=O)c1ccc(N2CCCCCC2)nc1. The van der Waals surface area contributed by atoms with Crippen LogP contribution in [0, 0.1) is 0 Å². The summed E-state index contributed by atoms with van der Waals surface area (Å²) in [5.41, 5.74) is 0.543. The molecule has 120 valence electrons. The maximum Gasteiger partial charge on any atom is 0.252 e. The maximum absolute atomic E-state index is 12.0. The summed E-state index contributed by atoms with van der Waals surface area (Å²) in [5.74, 6) is 0.676. The average molecular weight is 304 g/mol. The smallest absolute Gasteiger partial charge is 0.252 e. The van der Waals surface area contributed by atoms with Gasteiger partial charge < -0.3 is 15.5 Å². The predicted molar refractivity (Wildman–Crippen MR) is 85.9 cm³/mol. The summed E-state index contributed by atoms with van der Waals surface area (Å²) in [4.78, 5) is 29.4. The van der Waals surface area contributed by atoms with E-state index in [0.717, 1.165) is 18.9 Å². The fourth-order valence-electron chi connectivity index (χ4n) is 2.52. The Morgan fingerprint density at radius 2 is 1.77 bits per heavy atom. The predicted octanol–water partition coefficient (Wildman–Crippen LogP) is 1.33. The van der Waals surface area contributed by atoms with Crippen LogP contribution >= 0.6 is 0 Å². The zero-order chi connectivity index (χ0) is 15.8. The number of anilines is 1. The molecule has 6 heteroatoms. The lowest BCUT2D eigenvalue weighted by Crippen LogP contribution is -2.33. The van der Waals surface area contributed by atoms with Crippen molar-refractivity contribution in [3.63, 3.8) is 0 Å². The van der Waals surface area contributed by atoms with Crippen LogP contribution < -0.4 is 15.5 Å².